The number of aromatic nitrogens is 2. The first kappa shape index (κ1) is 20.2. The lowest BCUT2D eigenvalue weighted by molar-refractivity contribution is 0.0742. The minimum Gasteiger partial charge on any atom is -0.422 e. The Morgan fingerprint density at radius 1 is 0.906 bits per heavy atom. The van der Waals surface area contributed by atoms with Crippen molar-refractivity contribution in [1.82, 2.24) is 15.1 Å². The van der Waals surface area contributed by atoms with Crippen molar-refractivity contribution in [2.24, 2.45) is 0 Å². The summed E-state index contributed by atoms with van der Waals surface area (Å²) in [5.41, 5.74) is 1.45. The van der Waals surface area contributed by atoms with Crippen LogP contribution in [0.4, 0.5) is 5.82 Å². The van der Waals surface area contributed by atoms with E-state index in [2.05, 4.69) is 15.1 Å². The highest BCUT2D eigenvalue weighted by Crippen LogP contribution is 2.26. The minimum atomic E-state index is -0.614. The zero-order chi connectivity index (χ0) is 22.1. The summed E-state index contributed by atoms with van der Waals surface area (Å²) in [7, 11) is 0. The van der Waals surface area contributed by atoms with Crippen LogP contribution in [0.2, 0.25) is 5.02 Å². The van der Waals surface area contributed by atoms with Gasteiger partial charge in [-0.15, -0.1) is 10.2 Å². The summed E-state index contributed by atoms with van der Waals surface area (Å²) in [6, 6.07) is 20.1. The molecule has 2 aromatic heterocycles. The highest BCUT2D eigenvalue weighted by Gasteiger charge is 2.25. The highest BCUT2D eigenvalue weighted by atomic mass is 35.5. The Labute approximate surface area is 188 Å². The Hall–Kier alpha value is -3.71. The van der Waals surface area contributed by atoms with E-state index in [1.165, 1.54) is 0 Å². The van der Waals surface area contributed by atoms with Crippen molar-refractivity contribution >= 4 is 34.3 Å². The second-order valence-corrected chi connectivity index (χ2v) is 7.93. The molecular formula is C24H19ClN4O3. The van der Waals surface area contributed by atoms with E-state index in [1.807, 2.05) is 48.5 Å². The molecule has 0 bridgehead atoms. The molecule has 0 unspecified atom stereocenters. The first-order valence-corrected chi connectivity index (χ1v) is 10.6. The van der Waals surface area contributed by atoms with Gasteiger partial charge in [0.25, 0.3) is 5.91 Å². The van der Waals surface area contributed by atoms with E-state index in [4.69, 9.17) is 16.0 Å². The van der Waals surface area contributed by atoms with Crippen molar-refractivity contribution in [2.75, 3.05) is 31.1 Å². The Bertz CT molecular complexity index is 1350. The van der Waals surface area contributed by atoms with Crippen LogP contribution >= 0.6 is 11.6 Å². The van der Waals surface area contributed by atoms with E-state index in [0.29, 0.717) is 42.5 Å². The van der Waals surface area contributed by atoms with E-state index in [9.17, 15) is 9.59 Å². The fraction of sp³-hybridized carbons (Fsp3) is 0.167. The average molecular weight is 447 g/mol. The van der Waals surface area contributed by atoms with Gasteiger partial charge in [-0.25, -0.2) is 4.79 Å². The van der Waals surface area contributed by atoms with E-state index in [-0.39, 0.29) is 11.5 Å². The SMILES string of the molecule is O=C(c1cc2ccccc2oc1=O)N1CCN(c2ccc(-c3ccccc3Cl)nn2)CC1. The summed E-state index contributed by atoms with van der Waals surface area (Å²) in [4.78, 5) is 29.0. The quantitative estimate of drug-likeness (QED) is 0.444. The predicted octanol–water partition coefficient (Wildman–Crippen LogP) is 3.87. The Morgan fingerprint density at radius 2 is 1.66 bits per heavy atom. The van der Waals surface area contributed by atoms with Crippen LogP contribution in [0.25, 0.3) is 22.2 Å². The molecule has 32 heavy (non-hydrogen) atoms. The molecule has 1 aliphatic rings. The number of para-hydroxylation sites is 1. The first-order chi connectivity index (χ1) is 15.6. The lowest BCUT2D eigenvalue weighted by atomic mass is 10.1. The molecule has 7 nitrogen and oxygen atoms in total. The zero-order valence-electron chi connectivity index (χ0n) is 17.1. The summed E-state index contributed by atoms with van der Waals surface area (Å²) in [6.45, 7) is 2.12. The first-order valence-electron chi connectivity index (χ1n) is 10.3. The highest BCUT2D eigenvalue weighted by molar-refractivity contribution is 6.33. The molecule has 160 valence electrons. The van der Waals surface area contributed by atoms with Crippen LogP contribution < -0.4 is 10.5 Å². The van der Waals surface area contributed by atoms with Gasteiger partial charge in [-0.3, -0.25) is 4.79 Å². The molecule has 8 heteroatoms. The van der Waals surface area contributed by atoms with Gasteiger partial charge in [-0.1, -0.05) is 48.0 Å². The fourth-order valence-corrected chi connectivity index (χ4v) is 4.06. The third kappa shape index (κ3) is 3.83. The number of amides is 1. The van der Waals surface area contributed by atoms with Gasteiger partial charge in [0.1, 0.15) is 11.1 Å². The van der Waals surface area contributed by atoms with E-state index in [1.54, 1.807) is 23.1 Å². The van der Waals surface area contributed by atoms with Crippen LogP contribution in [0.3, 0.4) is 0 Å². The maximum Gasteiger partial charge on any atom is 0.349 e. The summed E-state index contributed by atoms with van der Waals surface area (Å²) in [5, 5.41) is 10.0. The molecule has 1 aliphatic heterocycles. The number of rotatable bonds is 3. The number of fused-ring (bicyclic) bond motifs is 1. The molecule has 0 spiro atoms. The largest absolute Gasteiger partial charge is 0.422 e. The van der Waals surface area contributed by atoms with E-state index < -0.39 is 5.63 Å². The predicted molar refractivity (Wildman–Crippen MR) is 123 cm³/mol. The lowest BCUT2D eigenvalue weighted by Crippen LogP contribution is -2.49. The number of nitrogens with zero attached hydrogens (tertiary/aromatic N) is 4. The molecule has 3 heterocycles. The van der Waals surface area contributed by atoms with Crippen LogP contribution in [0.1, 0.15) is 10.4 Å². The number of benzene rings is 2. The van der Waals surface area contributed by atoms with Gasteiger partial charge in [0, 0.05) is 37.1 Å². The zero-order valence-corrected chi connectivity index (χ0v) is 17.8. The van der Waals surface area contributed by atoms with Gasteiger partial charge in [-0.05, 0) is 30.3 Å². The molecule has 1 saturated heterocycles. The smallest absolute Gasteiger partial charge is 0.349 e. The minimum absolute atomic E-state index is 0.0565. The van der Waals surface area contributed by atoms with E-state index >= 15 is 0 Å². The summed E-state index contributed by atoms with van der Waals surface area (Å²) in [6.07, 6.45) is 0. The number of halogens is 1. The lowest BCUT2D eigenvalue weighted by Gasteiger charge is -2.35. The van der Waals surface area contributed by atoms with Gasteiger partial charge in [-0.2, -0.15) is 0 Å². The van der Waals surface area contributed by atoms with Crippen molar-refractivity contribution in [1.29, 1.82) is 0 Å². The van der Waals surface area contributed by atoms with Crippen LogP contribution in [-0.4, -0.2) is 47.2 Å². The van der Waals surface area contributed by atoms with Crippen LogP contribution in [-0.2, 0) is 0 Å². The molecule has 5 rings (SSSR count). The van der Waals surface area contributed by atoms with Crippen molar-refractivity contribution in [2.45, 2.75) is 0 Å². The van der Waals surface area contributed by atoms with Crippen LogP contribution in [0.5, 0.6) is 0 Å². The Morgan fingerprint density at radius 3 is 2.41 bits per heavy atom. The molecule has 0 atom stereocenters. The monoisotopic (exact) mass is 446 g/mol. The number of piperazine rings is 1. The van der Waals surface area contributed by atoms with Crippen LogP contribution in [0.15, 0.2) is 75.9 Å². The van der Waals surface area contributed by atoms with Gasteiger partial charge < -0.3 is 14.2 Å². The number of hydrogen-bond acceptors (Lipinski definition) is 6. The molecule has 0 aliphatic carbocycles. The number of anilines is 1. The van der Waals surface area contributed by atoms with Crippen LogP contribution in [0, 0.1) is 0 Å². The van der Waals surface area contributed by atoms with Crippen molar-refractivity contribution in [3.05, 3.63) is 87.7 Å². The third-order valence-electron chi connectivity index (χ3n) is 5.56. The molecule has 4 aromatic rings. The number of carbonyl (C=O) groups excluding carboxylic acids is 1. The summed E-state index contributed by atoms with van der Waals surface area (Å²) >= 11 is 6.24. The summed E-state index contributed by atoms with van der Waals surface area (Å²) < 4.78 is 5.31. The van der Waals surface area contributed by atoms with Gasteiger partial charge >= 0.3 is 5.63 Å². The van der Waals surface area contributed by atoms with Crippen molar-refractivity contribution in [3.63, 3.8) is 0 Å². The number of carbonyl (C=O) groups is 1. The molecule has 0 N–H and O–H groups in total. The molecule has 1 amide bonds. The third-order valence-corrected chi connectivity index (χ3v) is 5.89. The Kier molecular flexibility index (Phi) is 5.33. The fourth-order valence-electron chi connectivity index (χ4n) is 3.83. The van der Waals surface area contributed by atoms with Crippen molar-refractivity contribution in [3.8, 4) is 11.3 Å². The molecule has 0 saturated carbocycles. The average Bonchev–Trinajstić information content (AvgIpc) is 2.84. The van der Waals surface area contributed by atoms with Gasteiger partial charge in [0.15, 0.2) is 5.82 Å². The normalized spacial score (nSPS) is 14.0. The second-order valence-electron chi connectivity index (χ2n) is 7.52. The van der Waals surface area contributed by atoms with Gasteiger partial charge in [0.05, 0.1) is 10.7 Å². The van der Waals surface area contributed by atoms with Gasteiger partial charge in [0.2, 0.25) is 0 Å². The topological polar surface area (TPSA) is 79.5 Å². The number of hydrogen-bond donors (Lipinski definition) is 0. The summed E-state index contributed by atoms with van der Waals surface area (Å²) in [5.74, 6) is 0.419. The second kappa shape index (κ2) is 8.43. The molecular weight excluding hydrogens is 428 g/mol. The maximum atomic E-state index is 12.9. The maximum absolute atomic E-state index is 12.9. The van der Waals surface area contributed by atoms with Crippen molar-refractivity contribution < 1.29 is 9.21 Å². The molecule has 0 radical (unpaired) electrons. The molecule has 1 fully saturated rings. The van der Waals surface area contributed by atoms with E-state index in [0.717, 1.165) is 16.8 Å². The molecule has 2 aromatic carbocycles. The Balaban J connectivity index is 1.28. The standard InChI is InChI=1S/C24H19ClN4O3/c25-19-7-3-2-6-17(19)20-9-10-22(27-26-20)28-11-13-29(14-12-28)23(30)18-15-16-5-1-4-8-21(16)32-24(18)31/h1-10,15H,11-14H2.